The molecule has 4 atom stereocenters. The molecule has 4 unspecified atom stereocenters. The average Bonchev–Trinajstić information content (AvgIpc) is 3.40. The third-order valence-corrected chi connectivity index (χ3v) is 9.81. The molecule has 2 aromatic rings. The van der Waals surface area contributed by atoms with Crippen LogP contribution in [0.25, 0.3) is 0 Å². The molecule has 0 saturated carbocycles. The number of hydrogen-bond acceptors (Lipinski definition) is 10. The molecule has 0 bridgehead atoms. The molecular weight excluding hydrogens is 554 g/mol. The Morgan fingerprint density at radius 2 is 2.05 bits per heavy atom. The van der Waals surface area contributed by atoms with E-state index in [1.54, 1.807) is 6.20 Å². The zero-order chi connectivity index (χ0) is 26.5. The number of piperidine rings is 3. The monoisotopic (exact) mass is 595 g/mol. The number of rotatable bonds is 8. The average molecular weight is 596 g/mol. The first-order chi connectivity index (χ1) is 18.5. The van der Waals surface area contributed by atoms with Crippen molar-refractivity contribution in [3.63, 3.8) is 0 Å². The maximum atomic E-state index is 12.3. The number of pyridine rings is 1. The fourth-order valence-corrected chi connectivity index (χ4v) is 7.63. The standard InChI is InChI=1S/C27H41N7O2S2.ClH/c1-17(2)26(35)34-13-9-19(10-14-34)24-31-27(38-33-24)32-25-22(36-21-7-6-12-28-18(21)3)15-20(16-30-25)37-23-8-4-5-11-29-23;/h6-7,12,17,19-20,22-23,25,29-30H,4-5,8-11,13-16H2,1-3H3,(H,31,32,33);1H. The Morgan fingerprint density at radius 1 is 1.23 bits per heavy atom. The minimum Gasteiger partial charge on any atom is -0.485 e. The Labute approximate surface area is 246 Å². The van der Waals surface area contributed by atoms with Crippen LogP contribution in [0.4, 0.5) is 5.13 Å². The van der Waals surface area contributed by atoms with Crippen LogP contribution in [-0.4, -0.2) is 74.2 Å². The lowest BCUT2D eigenvalue weighted by molar-refractivity contribution is -0.135. The minimum absolute atomic E-state index is 0. The molecule has 1 amide bonds. The molecule has 0 radical (unpaired) electrons. The summed E-state index contributed by atoms with van der Waals surface area (Å²) in [6, 6.07) is 3.93. The first-order valence-electron chi connectivity index (χ1n) is 14.1. The van der Waals surface area contributed by atoms with E-state index in [-0.39, 0.29) is 36.5 Å². The Morgan fingerprint density at radius 3 is 2.77 bits per heavy atom. The number of anilines is 1. The molecule has 5 heterocycles. The number of thioether (sulfide) groups is 1. The van der Waals surface area contributed by atoms with Crippen LogP contribution in [-0.2, 0) is 4.79 Å². The van der Waals surface area contributed by atoms with Crippen molar-refractivity contribution >= 4 is 46.7 Å². The van der Waals surface area contributed by atoms with Crippen LogP contribution < -0.4 is 20.7 Å². The topological polar surface area (TPSA) is 104 Å². The second kappa shape index (κ2) is 14.3. The predicted octanol–water partition coefficient (Wildman–Crippen LogP) is 4.41. The highest BCUT2D eigenvalue weighted by Gasteiger charge is 2.35. The number of carbonyl (C=O) groups is 1. The Kier molecular flexibility index (Phi) is 11.1. The normalized spacial score (nSPS) is 26.2. The number of carbonyl (C=O) groups excluding carboxylic acids is 1. The zero-order valence-electron chi connectivity index (χ0n) is 23.1. The molecule has 39 heavy (non-hydrogen) atoms. The number of nitrogens with one attached hydrogen (secondary N) is 3. The third-order valence-electron chi connectivity index (χ3n) is 7.68. The lowest BCUT2D eigenvalue weighted by atomic mass is 9.95. The minimum atomic E-state index is -0.0721. The number of amides is 1. The molecule has 9 nitrogen and oxygen atoms in total. The molecule has 3 aliphatic rings. The molecule has 0 aromatic carbocycles. The summed E-state index contributed by atoms with van der Waals surface area (Å²) in [5.74, 6) is 2.30. The molecule has 5 rings (SSSR count). The van der Waals surface area contributed by atoms with Crippen molar-refractivity contribution in [3.05, 3.63) is 29.8 Å². The van der Waals surface area contributed by atoms with E-state index in [1.165, 1.54) is 30.8 Å². The van der Waals surface area contributed by atoms with Gasteiger partial charge in [-0.1, -0.05) is 13.8 Å². The number of aryl methyl sites for hydroxylation is 1. The molecule has 3 saturated heterocycles. The van der Waals surface area contributed by atoms with Crippen LogP contribution >= 0.6 is 35.7 Å². The Balaban J connectivity index is 0.00000353. The van der Waals surface area contributed by atoms with Gasteiger partial charge in [0, 0.05) is 60.9 Å². The van der Waals surface area contributed by atoms with Crippen LogP contribution in [0.1, 0.15) is 69.8 Å². The molecule has 12 heteroatoms. The molecular formula is C27H42ClN7O2S2. The fraction of sp³-hybridized carbons (Fsp3) is 0.704. The summed E-state index contributed by atoms with van der Waals surface area (Å²) < 4.78 is 11.3. The summed E-state index contributed by atoms with van der Waals surface area (Å²) in [7, 11) is 0. The number of likely N-dealkylation sites (tertiary alicyclic amines) is 1. The molecule has 2 aromatic heterocycles. The lowest BCUT2D eigenvalue weighted by Gasteiger charge is -2.38. The number of nitrogens with zero attached hydrogens (tertiary/aromatic N) is 4. The van der Waals surface area contributed by atoms with Gasteiger partial charge in [0.25, 0.3) is 0 Å². The Bertz CT molecular complexity index is 1060. The van der Waals surface area contributed by atoms with E-state index in [4.69, 9.17) is 14.1 Å². The highest BCUT2D eigenvalue weighted by Crippen LogP contribution is 2.32. The van der Waals surface area contributed by atoms with Crippen molar-refractivity contribution in [2.75, 3.05) is 31.5 Å². The van der Waals surface area contributed by atoms with Gasteiger partial charge in [-0.25, -0.2) is 4.98 Å². The summed E-state index contributed by atoms with van der Waals surface area (Å²) >= 11 is 3.46. The summed E-state index contributed by atoms with van der Waals surface area (Å²) in [4.78, 5) is 23.6. The van der Waals surface area contributed by atoms with Crippen molar-refractivity contribution in [1.29, 1.82) is 0 Å². The fourth-order valence-electron chi connectivity index (χ4n) is 5.47. The lowest BCUT2D eigenvalue weighted by Crippen LogP contribution is -2.56. The van der Waals surface area contributed by atoms with Gasteiger partial charge >= 0.3 is 0 Å². The summed E-state index contributed by atoms with van der Waals surface area (Å²) in [6.45, 7) is 9.52. The third kappa shape index (κ3) is 7.97. The summed E-state index contributed by atoms with van der Waals surface area (Å²) in [5.41, 5.74) is 0.899. The van der Waals surface area contributed by atoms with E-state index in [9.17, 15) is 4.79 Å². The van der Waals surface area contributed by atoms with Gasteiger partial charge in [0.15, 0.2) is 0 Å². The number of halogens is 1. The van der Waals surface area contributed by atoms with Gasteiger partial charge in [0.05, 0.1) is 11.1 Å². The van der Waals surface area contributed by atoms with Crippen molar-refractivity contribution in [2.24, 2.45) is 5.92 Å². The van der Waals surface area contributed by atoms with Gasteiger partial charge in [-0.05, 0) is 57.7 Å². The quantitative estimate of drug-likeness (QED) is 0.409. The maximum Gasteiger partial charge on any atom is 0.225 e. The maximum absolute atomic E-state index is 12.3. The van der Waals surface area contributed by atoms with E-state index in [0.717, 1.165) is 67.8 Å². The second-order valence-electron chi connectivity index (χ2n) is 10.9. The van der Waals surface area contributed by atoms with E-state index < -0.39 is 0 Å². The van der Waals surface area contributed by atoms with Crippen LogP contribution in [0.3, 0.4) is 0 Å². The Hall–Kier alpha value is -1.66. The highest BCUT2D eigenvalue weighted by atomic mass is 35.5. The first-order valence-corrected chi connectivity index (χ1v) is 15.8. The van der Waals surface area contributed by atoms with Crippen LogP contribution in [0.5, 0.6) is 5.75 Å². The first kappa shape index (κ1) is 30.3. The highest BCUT2D eigenvalue weighted by molar-refractivity contribution is 8.00. The van der Waals surface area contributed by atoms with Crippen molar-refractivity contribution in [1.82, 2.24) is 29.9 Å². The van der Waals surface area contributed by atoms with E-state index >= 15 is 0 Å². The number of aromatic nitrogens is 3. The zero-order valence-corrected chi connectivity index (χ0v) is 25.5. The molecule has 216 valence electrons. The molecule has 3 fully saturated rings. The van der Waals surface area contributed by atoms with Gasteiger partial charge in [-0.15, -0.1) is 24.2 Å². The van der Waals surface area contributed by atoms with Gasteiger partial charge in [0.2, 0.25) is 11.0 Å². The SMILES string of the molecule is Cc1ncccc1OC1CC(SC2CCCCN2)CNC1Nc1nc(C2CCN(C(=O)C(C)C)CC2)ns1.Cl. The molecule has 0 aliphatic carbocycles. The van der Waals surface area contributed by atoms with Crippen molar-refractivity contribution < 1.29 is 9.53 Å². The van der Waals surface area contributed by atoms with Gasteiger partial charge < -0.3 is 20.3 Å². The molecule has 0 spiro atoms. The van der Waals surface area contributed by atoms with E-state index in [1.807, 2.05) is 49.6 Å². The van der Waals surface area contributed by atoms with Crippen molar-refractivity contribution in [2.45, 2.75) is 88.1 Å². The van der Waals surface area contributed by atoms with Gasteiger partial charge in [-0.2, -0.15) is 4.37 Å². The largest absolute Gasteiger partial charge is 0.485 e. The van der Waals surface area contributed by atoms with Gasteiger partial charge in [0.1, 0.15) is 23.8 Å². The van der Waals surface area contributed by atoms with Crippen LogP contribution in [0.2, 0.25) is 0 Å². The molecule has 3 N–H and O–H groups in total. The van der Waals surface area contributed by atoms with Crippen LogP contribution in [0.15, 0.2) is 18.3 Å². The van der Waals surface area contributed by atoms with Gasteiger partial charge in [-0.3, -0.25) is 15.1 Å². The molecule has 3 aliphatic heterocycles. The summed E-state index contributed by atoms with van der Waals surface area (Å²) in [5, 5.41) is 12.8. The van der Waals surface area contributed by atoms with E-state index in [0.29, 0.717) is 16.5 Å². The van der Waals surface area contributed by atoms with E-state index in [2.05, 4.69) is 20.9 Å². The smallest absolute Gasteiger partial charge is 0.225 e. The second-order valence-corrected chi connectivity index (χ2v) is 13.2. The van der Waals surface area contributed by atoms with Crippen LogP contribution in [0, 0.1) is 12.8 Å². The number of hydrogen-bond donors (Lipinski definition) is 3. The number of ether oxygens (including phenoxy) is 1. The predicted molar refractivity (Wildman–Crippen MR) is 161 cm³/mol. The summed E-state index contributed by atoms with van der Waals surface area (Å²) in [6.07, 6.45) is 8.24. The van der Waals surface area contributed by atoms with Crippen molar-refractivity contribution in [3.8, 4) is 5.75 Å².